The molecule has 2 aromatic rings. The van der Waals surface area contributed by atoms with Crippen LogP contribution in [0.15, 0.2) is 41.3 Å². The van der Waals surface area contributed by atoms with Crippen LogP contribution < -0.4 is 14.8 Å². The van der Waals surface area contributed by atoms with Crippen LogP contribution >= 0.6 is 11.6 Å². The molecule has 1 aliphatic heterocycles. The molecule has 2 amide bonds. The molecule has 0 spiro atoms. The molecular weight excluding hydrogens is 408 g/mol. The van der Waals surface area contributed by atoms with Crippen molar-refractivity contribution in [1.29, 1.82) is 0 Å². The first-order chi connectivity index (χ1) is 13.3. The summed E-state index contributed by atoms with van der Waals surface area (Å²) in [6, 6.07) is 8.92. The maximum absolute atomic E-state index is 12.5. The summed E-state index contributed by atoms with van der Waals surface area (Å²) >= 11 is 6.03. The van der Waals surface area contributed by atoms with Crippen molar-refractivity contribution in [3.8, 4) is 11.5 Å². The zero-order valence-electron chi connectivity index (χ0n) is 15.1. The number of methoxy groups -OCH3 is 2. The molecule has 28 heavy (non-hydrogen) atoms. The largest absolute Gasteiger partial charge is 0.495 e. The number of rotatable bonds is 6. The maximum atomic E-state index is 12.5. The Balaban J connectivity index is 1.73. The van der Waals surface area contributed by atoms with Crippen LogP contribution in [0.3, 0.4) is 0 Å². The van der Waals surface area contributed by atoms with Gasteiger partial charge in [0.15, 0.2) is 0 Å². The third-order valence-electron chi connectivity index (χ3n) is 4.20. The molecule has 1 aliphatic rings. The summed E-state index contributed by atoms with van der Waals surface area (Å²) in [5.41, 5.74) is 0.416. The van der Waals surface area contributed by atoms with E-state index in [2.05, 4.69) is 5.32 Å². The zero-order chi connectivity index (χ0) is 20.5. The normalized spacial score (nSPS) is 14.5. The number of hydrogen-bond acceptors (Lipinski definition) is 6. The Morgan fingerprint density at radius 1 is 1.14 bits per heavy atom. The van der Waals surface area contributed by atoms with E-state index < -0.39 is 21.8 Å². The van der Waals surface area contributed by atoms with Gasteiger partial charge in [-0.25, -0.2) is 12.7 Å². The summed E-state index contributed by atoms with van der Waals surface area (Å²) in [5.74, 6) is -0.488. The SMILES string of the molecule is COc1cc(NC(=O)CCN2C(=O)c3ccccc3S2(=O)=O)c(OC)cc1Cl. The van der Waals surface area contributed by atoms with Gasteiger partial charge in [-0.15, -0.1) is 0 Å². The first-order valence-corrected chi connectivity index (χ1v) is 9.99. The van der Waals surface area contributed by atoms with Crippen molar-refractivity contribution in [2.75, 3.05) is 26.1 Å². The van der Waals surface area contributed by atoms with Crippen LogP contribution in [0, 0.1) is 0 Å². The van der Waals surface area contributed by atoms with Gasteiger partial charge in [0.1, 0.15) is 16.4 Å². The molecule has 1 heterocycles. The predicted molar refractivity (Wildman–Crippen MR) is 102 cm³/mol. The number of halogens is 1. The van der Waals surface area contributed by atoms with E-state index in [0.717, 1.165) is 0 Å². The molecule has 0 saturated heterocycles. The minimum Gasteiger partial charge on any atom is -0.495 e. The fraction of sp³-hybridized carbons (Fsp3) is 0.222. The predicted octanol–water partition coefficient (Wildman–Crippen LogP) is 2.53. The number of nitrogens with one attached hydrogen (secondary N) is 1. The lowest BCUT2D eigenvalue weighted by molar-refractivity contribution is -0.116. The van der Waals surface area contributed by atoms with E-state index in [4.69, 9.17) is 21.1 Å². The Labute approximate surface area is 167 Å². The Bertz CT molecular complexity index is 1050. The van der Waals surface area contributed by atoms with Crippen LogP contribution in [0.5, 0.6) is 11.5 Å². The number of sulfonamides is 1. The highest BCUT2D eigenvalue weighted by molar-refractivity contribution is 7.90. The number of carbonyl (C=O) groups is 2. The molecule has 0 radical (unpaired) electrons. The smallest absolute Gasteiger partial charge is 0.269 e. The van der Waals surface area contributed by atoms with E-state index in [1.54, 1.807) is 12.1 Å². The molecule has 0 unspecified atom stereocenters. The van der Waals surface area contributed by atoms with E-state index in [1.165, 1.54) is 38.5 Å². The van der Waals surface area contributed by atoms with E-state index in [1.807, 2.05) is 0 Å². The maximum Gasteiger partial charge on any atom is 0.269 e. The van der Waals surface area contributed by atoms with Crippen LogP contribution in [0.1, 0.15) is 16.8 Å². The van der Waals surface area contributed by atoms with Crippen molar-refractivity contribution in [3.05, 3.63) is 47.0 Å². The second-order valence-electron chi connectivity index (χ2n) is 5.86. The fourth-order valence-corrected chi connectivity index (χ4v) is 4.63. The van der Waals surface area contributed by atoms with E-state index in [-0.39, 0.29) is 23.4 Å². The number of hydrogen-bond donors (Lipinski definition) is 1. The highest BCUT2D eigenvalue weighted by atomic mass is 35.5. The standard InChI is InChI=1S/C18H17ClN2O6S/c1-26-14-10-13(15(27-2)9-12(14)19)20-17(22)7-8-21-18(23)11-5-3-4-6-16(11)28(21,24)25/h3-6,9-10H,7-8H2,1-2H3,(H,20,22). The van der Waals surface area contributed by atoms with Crippen LogP contribution in [-0.4, -0.2) is 45.3 Å². The fourth-order valence-electron chi connectivity index (χ4n) is 2.83. The third kappa shape index (κ3) is 3.50. The number of nitrogens with zero attached hydrogens (tertiary/aromatic N) is 1. The average Bonchev–Trinajstić information content (AvgIpc) is 2.87. The van der Waals surface area contributed by atoms with Gasteiger partial charge >= 0.3 is 0 Å². The minimum absolute atomic E-state index is 0.0514. The summed E-state index contributed by atoms with van der Waals surface area (Å²) < 4.78 is 36.0. The first kappa shape index (κ1) is 20.0. The molecule has 0 saturated carbocycles. The molecule has 3 rings (SSSR count). The van der Waals surface area contributed by atoms with Crippen molar-refractivity contribution < 1.29 is 27.5 Å². The van der Waals surface area contributed by atoms with Gasteiger partial charge in [0, 0.05) is 25.1 Å². The number of ether oxygens (including phenoxy) is 2. The van der Waals surface area contributed by atoms with Gasteiger partial charge in [0.25, 0.3) is 15.9 Å². The lowest BCUT2D eigenvalue weighted by Gasteiger charge is -2.16. The van der Waals surface area contributed by atoms with E-state index >= 15 is 0 Å². The molecule has 0 aromatic heterocycles. The second kappa shape index (κ2) is 7.69. The van der Waals surface area contributed by atoms with Crippen molar-refractivity contribution in [1.82, 2.24) is 4.31 Å². The van der Waals surface area contributed by atoms with E-state index in [0.29, 0.717) is 26.5 Å². The van der Waals surface area contributed by atoms with Gasteiger partial charge in [-0.3, -0.25) is 9.59 Å². The molecule has 1 N–H and O–H groups in total. The molecule has 8 nitrogen and oxygen atoms in total. The summed E-state index contributed by atoms with van der Waals surface area (Å²) in [7, 11) is -1.10. The number of anilines is 1. The van der Waals surface area contributed by atoms with Gasteiger partial charge in [0.05, 0.1) is 30.5 Å². The summed E-state index contributed by atoms with van der Waals surface area (Å²) in [6.07, 6.45) is -0.229. The van der Waals surface area contributed by atoms with Crippen molar-refractivity contribution in [2.45, 2.75) is 11.3 Å². The average molecular weight is 425 g/mol. The van der Waals surface area contributed by atoms with Crippen molar-refractivity contribution in [3.63, 3.8) is 0 Å². The second-order valence-corrected chi connectivity index (χ2v) is 8.10. The molecule has 2 aromatic carbocycles. The lowest BCUT2D eigenvalue weighted by atomic mass is 10.2. The number of amides is 2. The van der Waals surface area contributed by atoms with Gasteiger partial charge in [-0.2, -0.15) is 0 Å². The quantitative estimate of drug-likeness (QED) is 0.764. The zero-order valence-corrected chi connectivity index (χ0v) is 16.6. The Morgan fingerprint density at radius 2 is 1.82 bits per heavy atom. The molecule has 0 fully saturated rings. The summed E-state index contributed by atoms with van der Waals surface area (Å²) in [4.78, 5) is 24.7. The van der Waals surface area contributed by atoms with Crippen LogP contribution in [0.4, 0.5) is 5.69 Å². The number of fused-ring (bicyclic) bond motifs is 1. The minimum atomic E-state index is -3.95. The first-order valence-electron chi connectivity index (χ1n) is 8.17. The molecule has 0 aliphatic carbocycles. The lowest BCUT2D eigenvalue weighted by Crippen LogP contribution is -2.33. The number of benzene rings is 2. The Hall–Kier alpha value is -2.78. The third-order valence-corrected chi connectivity index (χ3v) is 6.34. The number of carbonyl (C=O) groups excluding carboxylic acids is 2. The Morgan fingerprint density at radius 3 is 2.46 bits per heavy atom. The molecule has 10 heteroatoms. The van der Waals surface area contributed by atoms with E-state index in [9.17, 15) is 18.0 Å². The monoisotopic (exact) mass is 424 g/mol. The summed E-state index contributed by atoms with van der Waals surface area (Å²) in [6.45, 7) is -0.283. The van der Waals surface area contributed by atoms with Crippen molar-refractivity contribution in [2.24, 2.45) is 0 Å². The highest BCUT2D eigenvalue weighted by Gasteiger charge is 2.40. The topological polar surface area (TPSA) is 102 Å². The molecule has 148 valence electrons. The van der Waals surface area contributed by atoms with Crippen molar-refractivity contribution >= 4 is 39.1 Å². The van der Waals surface area contributed by atoms with Crippen LogP contribution in [0.2, 0.25) is 5.02 Å². The molecule has 0 bridgehead atoms. The molecular formula is C18H17ClN2O6S. The summed E-state index contributed by atoms with van der Waals surface area (Å²) in [5, 5.41) is 2.92. The van der Waals surface area contributed by atoms with Crippen LogP contribution in [0.25, 0.3) is 0 Å². The Kier molecular flexibility index (Phi) is 5.48. The van der Waals surface area contributed by atoms with Gasteiger partial charge in [0.2, 0.25) is 5.91 Å². The van der Waals surface area contributed by atoms with Gasteiger partial charge in [-0.05, 0) is 12.1 Å². The molecule has 0 atom stereocenters. The van der Waals surface area contributed by atoms with Crippen LogP contribution in [-0.2, 0) is 14.8 Å². The van der Waals surface area contributed by atoms with Gasteiger partial charge in [-0.1, -0.05) is 23.7 Å². The van der Waals surface area contributed by atoms with Gasteiger partial charge < -0.3 is 14.8 Å². The highest BCUT2D eigenvalue weighted by Crippen LogP contribution is 2.36.